The molecule has 0 saturated heterocycles. The minimum Gasteiger partial charge on any atom is -0.505 e. The Morgan fingerprint density at radius 3 is 2.25 bits per heavy atom. The van der Waals surface area contributed by atoms with Gasteiger partial charge in [-0.1, -0.05) is 52.5 Å². The number of carboxylic acids is 2. The molecule has 0 fully saturated rings. The molecule has 2 aliphatic carbocycles. The molecule has 0 heterocycles. The third kappa shape index (κ3) is 3.40. The molecule has 0 bridgehead atoms. The molecule has 32 heavy (non-hydrogen) atoms. The van der Waals surface area contributed by atoms with Crippen molar-refractivity contribution in [2.75, 3.05) is 0 Å². The number of aromatic carboxylic acids is 2. The van der Waals surface area contributed by atoms with E-state index >= 15 is 0 Å². The molecule has 0 unspecified atom stereocenters. The number of benzene rings is 2. The number of fused-ring (bicyclic) bond motifs is 2. The Bertz CT molecular complexity index is 1370. The predicted molar refractivity (Wildman–Crippen MR) is 120 cm³/mol. The van der Waals surface area contributed by atoms with Crippen LogP contribution in [0.4, 0.5) is 0 Å². The molecule has 0 radical (unpaired) electrons. The number of carboxylic acid groups (broad SMARTS) is 2. The second-order valence-corrected chi connectivity index (χ2v) is 8.57. The fourth-order valence-electron chi connectivity index (χ4n) is 3.76. The van der Waals surface area contributed by atoms with Gasteiger partial charge in [0.2, 0.25) is 5.78 Å². The van der Waals surface area contributed by atoms with E-state index in [0.29, 0.717) is 22.3 Å². The van der Waals surface area contributed by atoms with Crippen molar-refractivity contribution >= 4 is 69.7 Å². The predicted octanol–water partition coefficient (Wildman–Crippen LogP) is 5.65. The van der Waals surface area contributed by atoms with Gasteiger partial charge in [0.25, 0.3) is 0 Å². The zero-order valence-electron chi connectivity index (χ0n) is 15.7. The van der Waals surface area contributed by atoms with Crippen LogP contribution in [-0.4, -0.2) is 33.0 Å². The Hall–Kier alpha value is -2.77. The number of phenolic OH excluding ortho intramolecular Hbond substituents is 1. The zero-order valence-corrected chi connectivity index (χ0v) is 18.7. The fraction of sp³-hybridized carbons (Fsp3) is 0.0455. The molecular formula is C22H10Cl4O6. The van der Waals surface area contributed by atoms with Crippen molar-refractivity contribution in [3.8, 4) is 5.75 Å². The second-order valence-electron chi connectivity index (χ2n) is 7.00. The first-order chi connectivity index (χ1) is 15.0. The molecule has 2 aromatic carbocycles. The van der Waals surface area contributed by atoms with E-state index in [4.69, 9.17) is 46.4 Å². The quantitative estimate of drug-likeness (QED) is 0.490. The molecule has 0 atom stereocenters. The lowest BCUT2D eigenvalue weighted by Gasteiger charge is -2.29. The molecule has 162 valence electrons. The number of halogens is 4. The molecule has 2 aliphatic rings. The van der Waals surface area contributed by atoms with Gasteiger partial charge in [-0.25, -0.2) is 9.59 Å². The molecule has 0 amide bonds. The maximum absolute atomic E-state index is 12.4. The highest BCUT2D eigenvalue weighted by Crippen LogP contribution is 2.50. The van der Waals surface area contributed by atoms with Gasteiger partial charge in [0.15, 0.2) is 5.75 Å². The van der Waals surface area contributed by atoms with Crippen LogP contribution in [-0.2, 0) is 11.2 Å². The topological polar surface area (TPSA) is 112 Å². The minimum atomic E-state index is -1.38. The lowest BCUT2D eigenvalue weighted by atomic mass is 9.76. The number of ketones is 1. The molecule has 4 rings (SSSR count). The molecule has 2 aromatic rings. The van der Waals surface area contributed by atoms with E-state index in [1.165, 1.54) is 24.3 Å². The summed E-state index contributed by atoms with van der Waals surface area (Å²) >= 11 is 24.9. The summed E-state index contributed by atoms with van der Waals surface area (Å²) in [6.45, 7) is 0. The SMILES string of the molecule is O=C1C(Cl)=CC2=C(c3ccc(C(=O)O)cc3C(=O)O)c3cc(Cl)c(O)c(Cl)c3CC2=C1Cl. The van der Waals surface area contributed by atoms with E-state index < -0.39 is 17.7 Å². The molecule has 0 saturated carbocycles. The van der Waals surface area contributed by atoms with Gasteiger partial charge < -0.3 is 15.3 Å². The first-order valence-corrected chi connectivity index (χ1v) is 10.4. The summed E-state index contributed by atoms with van der Waals surface area (Å²) in [7, 11) is 0. The van der Waals surface area contributed by atoms with Gasteiger partial charge in [0, 0.05) is 6.42 Å². The van der Waals surface area contributed by atoms with Crippen molar-refractivity contribution in [1.82, 2.24) is 0 Å². The molecule has 10 heteroatoms. The standard InChI is InChI=1S/C22H10Cl4O6/c23-14-5-9-11(17(25)19(14)27)4-12-10(6-15(24)20(28)18(12)26)16(9)8-2-1-7(21(29)30)3-13(8)22(31)32/h1-3,5-6,27H,4H2,(H,29,30)(H,31,32). The van der Waals surface area contributed by atoms with Crippen LogP contribution in [0.1, 0.15) is 37.4 Å². The van der Waals surface area contributed by atoms with Gasteiger partial charge in [0.05, 0.1) is 31.2 Å². The fourth-order valence-corrected chi connectivity index (χ4v) is 4.81. The summed E-state index contributed by atoms with van der Waals surface area (Å²) in [5, 5.41) is 28.8. The number of hydrogen-bond acceptors (Lipinski definition) is 4. The van der Waals surface area contributed by atoms with Crippen molar-refractivity contribution in [1.29, 1.82) is 0 Å². The first kappa shape index (κ1) is 22.4. The van der Waals surface area contributed by atoms with E-state index in [1.807, 2.05) is 0 Å². The van der Waals surface area contributed by atoms with Crippen molar-refractivity contribution in [3.05, 3.63) is 89.4 Å². The largest absolute Gasteiger partial charge is 0.505 e. The monoisotopic (exact) mass is 510 g/mol. The highest BCUT2D eigenvalue weighted by Gasteiger charge is 2.34. The van der Waals surface area contributed by atoms with Crippen LogP contribution in [0.15, 0.2) is 51.6 Å². The van der Waals surface area contributed by atoms with E-state index in [9.17, 15) is 29.7 Å². The van der Waals surface area contributed by atoms with Gasteiger partial charge in [0.1, 0.15) is 0 Å². The molecule has 0 spiro atoms. The van der Waals surface area contributed by atoms with E-state index in [1.54, 1.807) is 0 Å². The Balaban J connectivity index is 2.18. The lowest BCUT2D eigenvalue weighted by Crippen LogP contribution is -2.18. The number of hydrogen-bond donors (Lipinski definition) is 3. The van der Waals surface area contributed by atoms with Crippen LogP contribution in [0.2, 0.25) is 10.0 Å². The Morgan fingerprint density at radius 2 is 1.62 bits per heavy atom. The van der Waals surface area contributed by atoms with E-state index in [2.05, 4.69) is 0 Å². The zero-order chi connectivity index (χ0) is 23.5. The average Bonchev–Trinajstić information content (AvgIpc) is 2.75. The van der Waals surface area contributed by atoms with Gasteiger partial charge in [-0.3, -0.25) is 4.79 Å². The van der Waals surface area contributed by atoms with Crippen LogP contribution in [0.25, 0.3) is 5.57 Å². The number of rotatable bonds is 3. The Morgan fingerprint density at radius 1 is 0.938 bits per heavy atom. The van der Waals surface area contributed by atoms with E-state index in [0.717, 1.165) is 6.07 Å². The number of allylic oxidation sites excluding steroid dienone is 5. The van der Waals surface area contributed by atoms with Gasteiger partial charge in [-0.05, 0) is 57.7 Å². The number of aromatic hydroxyl groups is 1. The lowest BCUT2D eigenvalue weighted by molar-refractivity contribution is -0.111. The molecule has 3 N–H and O–H groups in total. The number of carbonyl (C=O) groups excluding carboxylic acids is 1. The first-order valence-electron chi connectivity index (χ1n) is 8.89. The van der Waals surface area contributed by atoms with E-state index in [-0.39, 0.29) is 54.5 Å². The van der Waals surface area contributed by atoms with Gasteiger partial charge in [-0.15, -0.1) is 0 Å². The van der Waals surface area contributed by atoms with Gasteiger partial charge >= 0.3 is 11.9 Å². The smallest absolute Gasteiger partial charge is 0.336 e. The highest BCUT2D eigenvalue weighted by atomic mass is 35.5. The third-order valence-electron chi connectivity index (χ3n) is 5.23. The maximum Gasteiger partial charge on any atom is 0.336 e. The van der Waals surface area contributed by atoms with Crippen molar-refractivity contribution in [2.45, 2.75) is 6.42 Å². The number of Topliss-reactive ketones (excluding diaryl/α,β-unsaturated/α-hetero) is 1. The maximum atomic E-state index is 12.4. The van der Waals surface area contributed by atoms with Crippen LogP contribution in [0, 0.1) is 0 Å². The summed E-state index contributed by atoms with van der Waals surface area (Å²) in [6, 6.07) is 5.03. The Kier molecular flexibility index (Phi) is 5.59. The number of phenols is 1. The molecule has 0 aromatic heterocycles. The number of carbonyl (C=O) groups is 3. The third-order valence-corrected chi connectivity index (χ3v) is 6.61. The summed E-state index contributed by atoms with van der Waals surface area (Å²) in [5.74, 6) is -3.66. The van der Waals surface area contributed by atoms with Crippen molar-refractivity contribution in [3.63, 3.8) is 0 Å². The average molecular weight is 512 g/mol. The molecular weight excluding hydrogens is 502 g/mol. The second kappa shape index (κ2) is 7.98. The normalized spacial score (nSPS) is 15.4. The molecule has 6 nitrogen and oxygen atoms in total. The van der Waals surface area contributed by atoms with Crippen LogP contribution in [0.5, 0.6) is 5.75 Å². The Labute approximate surface area is 200 Å². The van der Waals surface area contributed by atoms with Crippen LogP contribution < -0.4 is 0 Å². The summed E-state index contributed by atoms with van der Waals surface area (Å²) in [5.41, 5.74) is 1.35. The molecule has 0 aliphatic heterocycles. The van der Waals surface area contributed by atoms with Crippen LogP contribution in [0.3, 0.4) is 0 Å². The summed E-state index contributed by atoms with van der Waals surface area (Å²) in [4.78, 5) is 35.8. The van der Waals surface area contributed by atoms with Crippen LogP contribution >= 0.6 is 46.4 Å². The van der Waals surface area contributed by atoms with Crippen molar-refractivity contribution in [2.24, 2.45) is 0 Å². The highest BCUT2D eigenvalue weighted by molar-refractivity contribution is 6.55. The van der Waals surface area contributed by atoms with Gasteiger partial charge in [-0.2, -0.15) is 0 Å². The minimum absolute atomic E-state index is 0.0542. The summed E-state index contributed by atoms with van der Waals surface area (Å²) in [6.07, 6.45) is 1.42. The van der Waals surface area contributed by atoms with Crippen molar-refractivity contribution < 1.29 is 29.7 Å². The summed E-state index contributed by atoms with van der Waals surface area (Å²) < 4.78 is 0.